The number of sulfonamides is 1. The molecule has 2 rings (SSSR count). The summed E-state index contributed by atoms with van der Waals surface area (Å²) in [7, 11) is -3.75. The van der Waals surface area contributed by atoms with Crippen LogP contribution in [0.2, 0.25) is 5.02 Å². The Morgan fingerprint density at radius 2 is 1.82 bits per heavy atom. The molecule has 0 spiro atoms. The smallest absolute Gasteiger partial charge is 0.242 e. The summed E-state index contributed by atoms with van der Waals surface area (Å²) in [6, 6.07) is 13.6. The van der Waals surface area contributed by atoms with Gasteiger partial charge in [0.15, 0.2) is 0 Å². The SMILES string of the molecule is C#CCOc1ccc(CCNC(=O)CCNS(=O)(=O)c2ccccc2Cl)cc1. The van der Waals surface area contributed by atoms with E-state index in [9.17, 15) is 13.2 Å². The van der Waals surface area contributed by atoms with Crippen molar-refractivity contribution in [2.75, 3.05) is 19.7 Å². The average molecular weight is 421 g/mol. The van der Waals surface area contributed by atoms with E-state index in [4.69, 9.17) is 22.8 Å². The molecule has 0 aromatic heterocycles. The largest absolute Gasteiger partial charge is 0.481 e. The highest BCUT2D eigenvalue weighted by molar-refractivity contribution is 7.89. The van der Waals surface area contributed by atoms with Crippen molar-refractivity contribution >= 4 is 27.5 Å². The van der Waals surface area contributed by atoms with Gasteiger partial charge in [-0.15, -0.1) is 6.42 Å². The van der Waals surface area contributed by atoms with Gasteiger partial charge in [0.25, 0.3) is 0 Å². The molecular weight excluding hydrogens is 400 g/mol. The van der Waals surface area contributed by atoms with Crippen LogP contribution in [0.25, 0.3) is 0 Å². The van der Waals surface area contributed by atoms with Gasteiger partial charge in [0.1, 0.15) is 17.3 Å². The number of ether oxygens (including phenoxy) is 1. The first-order valence-electron chi connectivity index (χ1n) is 8.58. The molecular formula is C20H21ClN2O4S. The monoisotopic (exact) mass is 420 g/mol. The molecule has 0 bridgehead atoms. The second kappa shape index (κ2) is 10.7. The van der Waals surface area contributed by atoms with E-state index in [0.717, 1.165) is 5.56 Å². The number of halogens is 1. The third-order valence-corrected chi connectivity index (χ3v) is 5.71. The summed E-state index contributed by atoms with van der Waals surface area (Å²) in [4.78, 5) is 11.9. The Kier molecular flexibility index (Phi) is 8.33. The summed E-state index contributed by atoms with van der Waals surface area (Å²) in [5, 5.41) is 2.89. The maximum atomic E-state index is 12.2. The Labute approximate surface area is 170 Å². The lowest BCUT2D eigenvalue weighted by Crippen LogP contribution is -2.31. The molecule has 2 N–H and O–H groups in total. The highest BCUT2D eigenvalue weighted by Crippen LogP contribution is 2.19. The Hall–Kier alpha value is -2.53. The number of rotatable bonds is 10. The van der Waals surface area contributed by atoms with E-state index in [1.54, 1.807) is 12.1 Å². The number of terminal acetylenes is 1. The predicted octanol–water partition coefficient (Wildman–Crippen LogP) is 2.38. The van der Waals surface area contributed by atoms with Crippen LogP contribution in [0.3, 0.4) is 0 Å². The van der Waals surface area contributed by atoms with Crippen LogP contribution in [0.15, 0.2) is 53.4 Å². The van der Waals surface area contributed by atoms with Gasteiger partial charge in [0.2, 0.25) is 15.9 Å². The van der Waals surface area contributed by atoms with E-state index in [1.807, 2.05) is 24.3 Å². The molecule has 0 heterocycles. The van der Waals surface area contributed by atoms with E-state index < -0.39 is 10.0 Å². The fourth-order valence-corrected chi connectivity index (χ4v) is 3.90. The number of carbonyl (C=O) groups is 1. The molecule has 0 saturated heterocycles. The zero-order valence-electron chi connectivity index (χ0n) is 15.2. The second-order valence-electron chi connectivity index (χ2n) is 5.81. The van der Waals surface area contributed by atoms with Crippen LogP contribution in [0.4, 0.5) is 0 Å². The summed E-state index contributed by atoms with van der Waals surface area (Å²) in [5.41, 5.74) is 1.03. The number of amides is 1. The van der Waals surface area contributed by atoms with Crippen molar-refractivity contribution in [2.45, 2.75) is 17.7 Å². The zero-order chi connectivity index (χ0) is 20.4. The van der Waals surface area contributed by atoms with Crippen LogP contribution in [0, 0.1) is 12.3 Å². The molecule has 0 fully saturated rings. The molecule has 2 aromatic rings. The minimum Gasteiger partial charge on any atom is -0.481 e. The summed E-state index contributed by atoms with van der Waals surface area (Å²) < 4.78 is 32.0. The van der Waals surface area contributed by atoms with Crippen molar-refractivity contribution in [3.05, 3.63) is 59.1 Å². The number of hydrogen-bond acceptors (Lipinski definition) is 4. The molecule has 1 amide bonds. The standard InChI is InChI=1S/C20H21ClN2O4S/c1-2-15-27-17-9-7-16(8-10-17)11-13-22-20(24)12-14-23-28(25,26)19-6-4-3-5-18(19)21/h1,3-10,23H,11-15H2,(H,22,24). The van der Waals surface area contributed by atoms with Crippen molar-refractivity contribution in [3.63, 3.8) is 0 Å². The molecule has 0 radical (unpaired) electrons. The molecule has 0 aliphatic carbocycles. The van der Waals surface area contributed by atoms with Gasteiger partial charge in [-0.25, -0.2) is 13.1 Å². The lowest BCUT2D eigenvalue weighted by molar-refractivity contribution is -0.120. The van der Waals surface area contributed by atoms with Crippen LogP contribution in [0.5, 0.6) is 5.75 Å². The van der Waals surface area contributed by atoms with Gasteiger partial charge in [-0.05, 0) is 36.2 Å². The average Bonchev–Trinajstić information content (AvgIpc) is 2.67. The highest BCUT2D eigenvalue weighted by Gasteiger charge is 2.17. The third-order valence-electron chi connectivity index (χ3n) is 3.75. The number of hydrogen-bond donors (Lipinski definition) is 2. The van der Waals surface area contributed by atoms with Gasteiger partial charge in [-0.2, -0.15) is 0 Å². The summed E-state index contributed by atoms with van der Waals surface area (Å²) in [5.74, 6) is 2.85. The molecule has 0 aliphatic rings. The van der Waals surface area contributed by atoms with Crippen molar-refractivity contribution < 1.29 is 17.9 Å². The topological polar surface area (TPSA) is 84.5 Å². The minimum absolute atomic E-state index is 0.00764. The Balaban J connectivity index is 1.70. The molecule has 6 nitrogen and oxygen atoms in total. The van der Waals surface area contributed by atoms with Gasteiger partial charge in [-0.3, -0.25) is 4.79 Å². The van der Waals surface area contributed by atoms with Crippen molar-refractivity contribution in [1.29, 1.82) is 0 Å². The van der Waals surface area contributed by atoms with Gasteiger partial charge >= 0.3 is 0 Å². The van der Waals surface area contributed by atoms with Gasteiger partial charge in [0.05, 0.1) is 5.02 Å². The molecule has 8 heteroatoms. The first kappa shape index (κ1) is 21.8. The third kappa shape index (κ3) is 6.89. The van der Waals surface area contributed by atoms with E-state index in [1.165, 1.54) is 12.1 Å². The molecule has 148 valence electrons. The van der Waals surface area contributed by atoms with Crippen LogP contribution >= 0.6 is 11.6 Å². The lowest BCUT2D eigenvalue weighted by Gasteiger charge is -2.09. The summed E-state index contributed by atoms with van der Waals surface area (Å²) >= 11 is 5.90. The minimum atomic E-state index is -3.75. The van der Waals surface area contributed by atoms with E-state index in [0.29, 0.717) is 18.7 Å². The second-order valence-corrected chi connectivity index (χ2v) is 7.96. The Morgan fingerprint density at radius 1 is 1.11 bits per heavy atom. The van der Waals surface area contributed by atoms with E-state index in [2.05, 4.69) is 16.0 Å². The summed E-state index contributed by atoms with van der Waals surface area (Å²) in [6.45, 7) is 0.650. The fraction of sp³-hybridized carbons (Fsp3) is 0.250. The molecule has 0 saturated carbocycles. The van der Waals surface area contributed by atoms with Crippen LogP contribution in [0.1, 0.15) is 12.0 Å². The Bertz CT molecular complexity index is 937. The number of nitrogens with one attached hydrogen (secondary N) is 2. The van der Waals surface area contributed by atoms with Gasteiger partial charge in [-0.1, -0.05) is 41.8 Å². The predicted molar refractivity (Wildman–Crippen MR) is 109 cm³/mol. The van der Waals surface area contributed by atoms with Crippen molar-refractivity contribution in [2.24, 2.45) is 0 Å². The molecule has 28 heavy (non-hydrogen) atoms. The number of carbonyl (C=O) groups excluding carboxylic acids is 1. The maximum Gasteiger partial charge on any atom is 0.242 e. The molecule has 0 aliphatic heterocycles. The zero-order valence-corrected chi connectivity index (χ0v) is 16.7. The molecule has 0 unspecified atom stereocenters. The van der Waals surface area contributed by atoms with Crippen molar-refractivity contribution in [1.82, 2.24) is 10.0 Å². The van der Waals surface area contributed by atoms with Gasteiger partial charge < -0.3 is 10.1 Å². The normalized spacial score (nSPS) is 10.9. The first-order valence-corrected chi connectivity index (χ1v) is 10.4. The lowest BCUT2D eigenvalue weighted by atomic mass is 10.1. The molecule has 2 aromatic carbocycles. The van der Waals surface area contributed by atoms with Crippen LogP contribution in [-0.4, -0.2) is 34.0 Å². The highest BCUT2D eigenvalue weighted by atomic mass is 35.5. The first-order chi connectivity index (χ1) is 13.4. The van der Waals surface area contributed by atoms with E-state index in [-0.39, 0.29) is 35.4 Å². The maximum absolute atomic E-state index is 12.2. The number of benzene rings is 2. The van der Waals surface area contributed by atoms with Crippen molar-refractivity contribution in [3.8, 4) is 18.1 Å². The van der Waals surface area contributed by atoms with Gasteiger partial charge in [0, 0.05) is 19.5 Å². The molecule has 0 atom stereocenters. The van der Waals surface area contributed by atoms with E-state index >= 15 is 0 Å². The van der Waals surface area contributed by atoms with Crippen LogP contribution < -0.4 is 14.8 Å². The fourth-order valence-electron chi connectivity index (χ4n) is 2.35. The Morgan fingerprint density at radius 3 is 2.50 bits per heavy atom. The van der Waals surface area contributed by atoms with Crippen LogP contribution in [-0.2, 0) is 21.2 Å². The quantitative estimate of drug-likeness (QED) is 0.578. The summed E-state index contributed by atoms with van der Waals surface area (Å²) in [6.07, 6.45) is 5.81.